The van der Waals surface area contributed by atoms with Gasteiger partial charge in [-0.1, -0.05) is 114 Å². The van der Waals surface area contributed by atoms with Gasteiger partial charge in [0.15, 0.2) is 14.1 Å². The van der Waals surface area contributed by atoms with Crippen molar-refractivity contribution >= 4 is 56.4 Å². The maximum atomic E-state index is 13.9. The molecule has 2 atom stereocenters. The highest BCUT2D eigenvalue weighted by atomic mass is 32.2. The molecule has 0 N–H and O–H groups in total. The number of fused-ring (bicyclic) bond motifs is 1. The maximum absolute atomic E-state index is 13.9. The summed E-state index contributed by atoms with van der Waals surface area (Å²) in [5.74, 6) is -0.691. The van der Waals surface area contributed by atoms with Crippen molar-refractivity contribution < 1.29 is 23.2 Å². The fourth-order valence-corrected chi connectivity index (χ4v) is 13.4. The van der Waals surface area contributed by atoms with E-state index in [4.69, 9.17) is 8.85 Å². The number of carbonyl (C=O) groups is 3. The quantitative estimate of drug-likeness (QED) is 0.230. The van der Waals surface area contributed by atoms with Gasteiger partial charge in [-0.05, 0) is 33.5 Å². The standard InChI is InChI=1S/C32H46N2O5SSi2/c1-30(2,3)41(8,9)39-23-40-32-27(35)20-24(34(32)28(36)21-33(7)29(32)37)22-38-42(31(4,5)6,25-16-12-10-13-17-25)26-18-14-11-15-19-26/h10-19,24H,20-23H2,1-9H3/t24-,32+/m1/s1. The Labute approximate surface area is 257 Å². The van der Waals surface area contributed by atoms with Crippen LogP contribution in [0.2, 0.25) is 23.2 Å². The molecular formula is C32H46N2O5SSi2. The SMILES string of the molecule is CN1CC(=O)N2[C@@H](CO[Si](c3ccccc3)(c3ccccc3)C(C)(C)C)CC(=O)[C@]2(SCO[Si](C)(C)C(C)(C)C)C1=O. The maximum Gasteiger partial charge on any atom is 0.267 e. The first-order valence-corrected chi connectivity index (χ1v) is 20.4. The van der Waals surface area contributed by atoms with Gasteiger partial charge in [0.05, 0.1) is 25.1 Å². The summed E-state index contributed by atoms with van der Waals surface area (Å²) in [5.41, 5.74) is 0. The van der Waals surface area contributed by atoms with Gasteiger partial charge < -0.3 is 18.7 Å². The van der Waals surface area contributed by atoms with Gasteiger partial charge in [-0.3, -0.25) is 14.4 Å². The minimum Gasteiger partial charge on any atom is -0.408 e. The molecule has 2 amide bonds. The van der Waals surface area contributed by atoms with Gasteiger partial charge in [-0.25, -0.2) is 0 Å². The summed E-state index contributed by atoms with van der Waals surface area (Å²) in [6, 6.07) is 20.0. The highest BCUT2D eigenvalue weighted by molar-refractivity contribution is 8.02. The van der Waals surface area contributed by atoms with Crippen LogP contribution in [0.25, 0.3) is 0 Å². The van der Waals surface area contributed by atoms with Crippen LogP contribution in [-0.2, 0) is 23.2 Å². The number of hydrogen-bond donors (Lipinski definition) is 0. The summed E-state index contributed by atoms with van der Waals surface area (Å²) in [6.07, 6.45) is 0.0661. The van der Waals surface area contributed by atoms with Crippen molar-refractivity contribution in [1.29, 1.82) is 0 Å². The van der Waals surface area contributed by atoms with Crippen LogP contribution in [0.4, 0.5) is 0 Å². The number of carbonyl (C=O) groups excluding carboxylic acids is 3. The molecule has 2 saturated heterocycles. The van der Waals surface area contributed by atoms with E-state index in [0.29, 0.717) is 0 Å². The number of hydrogen-bond acceptors (Lipinski definition) is 6. The first-order chi connectivity index (χ1) is 19.5. The predicted octanol–water partition coefficient (Wildman–Crippen LogP) is 4.61. The summed E-state index contributed by atoms with van der Waals surface area (Å²) in [4.78, 5) is 42.6. The largest absolute Gasteiger partial charge is 0.408 e. The van der Waals surface area contributed by atoms with Crippen molar-refractivity contribution in [3.63, 3.8) is 0 Å². The lowest BCUT2D eigenvalue weighted by Crippen LogP contribution is -2.69. The van der Waals surface area contributed by atoms with Crippen molar-refractivity contribution in [3.05, 3.63) is 60.7 Å². The van der Waals surface area contributed by atoms with Crippen LogP contribution in [0.3, 0.4) is 0 Å². The number of Topliss-reactive ketones (excluding diaryl/α,β-unsaturated/α-hetero) is 1. The van der Waals surface area contributed by atoms with E-state index >= 15 is 0 Å². The fraction of sp³-hybridized carbons (Fsp3) is 0.531. The van der Waals surface area contributed by atoms with E-state index < -0.39 is 27.5 Å². The Bertz CT molecular complexity index is 1270. The van der Waals surface area contributed by atoms with E-state index in [1.807, 2.05) is 36.4 Å². The summed E-state index contributed by atoms with van der Waals surface area (Å²) in [6.45, 7) is 17.4. The molecule has 0 saturated carbocycles. The normalized spacial score (nSPS) is 22.1. The van der Waals surface area contributed by atoms with Gasteiger partial charge >= 0.3 is 0 Å². The number of likely N-dealkylation sites (N-methyl/N-ethyl adjacent to an activating group) is 1. The third-order valence-corrected chi connectivity index (χ3v) is 20.1. The number of piperazine rings is 1. The van der Waals surface area contributed by atoms with Crippen LogP contribution in [0, 0.1) is 0 Å². The van der Waals surface area contributed by atoms with Gasteiger partial charge in [0.1, 0.15) is 0 Å². The summed E-state index contributed by atoms with van der Waals surface area (Å²) in [5, 5.41) is 1.96. The number of benzene rings is 2. The highest BCUT2D eigenvalue weighted by Crippen LogP contribution is 2.46. The zero-order valence-corrected chi connectivity index (χ0v) is 29.3. The van der Waals surface area contributed by atoms with Crippen LogP contribution in [0.5, 0.6) is 0 Å². The molecule has 0 aliphatic carbocycles. The molecule has 4 rings (SSSR count). The van der Waals surface area contributed by atoms with E-state index in [2.05, 4.69) is 78.9 Å². The topological polar surface area (TPSA) is 76.2 Å². The lowest BCUT2D eigenvalue weighted by molar-refractivity contribution is -0.158. The fourth-order valence-electron chi connectivity index (χ4n) is 5.85. The van der Waals surface area contributed by atoms with Gasteiger partial charge in [0.25, 0.3) is 14.2 Å². The molecule has 2 aromatic carbocycles. The van der Waals surface area contributed by atoms with Crippen LogP contribution >= 0.6 is 11.8 Å². The van der Waals surface area contributed by atoms with Crippen LogP contribution in [-0.4, -0.2) is 81.1 Å². The minimum absolute atomic E-state index is 0.0278. The van der Waals surface area contributed by atoms with Crippen LogP contribution in [0.15, 0.2) is 60.7 Å². The summed E-state index contributed by atoms with van der Waals surface area (Å²) >= 11 is 1.15. The third kappa shape index (κ3) is 5.56. The lowest BCUT2D eigenvalue weighted by Gasteiger charge is -2.47. The zero-order valence-electron chi connectivity index (χ0n) is 26.5. The van der Waals surface area contributed by atoms with E-state index in [1.54, 1.807) is 7.05 Å². The lowest BCUT2D eigenvalue weighted by atomic mass is 10.1. The second-order valence-corrected chi connectivity index (χ2v) is 24.2. The van der Waals surface area contributed by atoms with Crippen molar-refractivity contribution in [3.8, 4) is 0 Å². The average molecular weight is 627 g/mol. The molecule has 228 valence electrons. The average Bonchev–Trinajstić information content (AvgIpc) is 3.20. The third-order valence-electron chi connectivity index (χ3n) is 9.18. The molecule has 2 fully saturated rings. The van der Waals surface area contributed by atoms with Crippen molar-refractivity contribution in [1.82, 2.24) is 9.80 Å². The second kappa shape index (κ2) is 11.7. The van der Waals surface area contributed by atoms with Gasteiger partial charge in [0.2, 0.25) is 10.8 Å². The zero-order chi connectivity index (χ0) is 31.1. The molecule has 7 nitrogen and oxygen atoms in total. The Morgan fingerprint density at radius 2 is 1.38 bits per heavy atom. The van der Waals surface area contributed by atoms with Crippen LogP contribution in [0.1, 0.15) is 48.0 Å². The molecular weight excluding hydrogens is 581 g/mol. The van der Waals surface area contributed by atoms with Crippen molar-refractivity contribution in [2.24, 2.45) is 0 Å². The molecule has 2 aliphatic rings. The monoisotopic (exact) mass is 626 g/mol. The molecule has 2 aromatic rings. The first kappa shape index (κ1) is 32.7. The van der Waals surface area contributed by atoms with Crippen molar-refractivity contribution in [2.45, 2.75) is 82.0 Å². The highest BCUT2D eigenvalue weighted by Gasteiger charge is 2.64. The molecule has 0 spiro atoms. The molecule has 2 heterocycles. The van der Waals surface area contributed by atoms with Gasteiger partial charge in [-0.2, -0.15) is 0 Å². The summed E-state index contributed by atoms with van der Waals surface area (Å²) < 4.78 is 13.5. The number of thioether (sulfide) groups is 1. The molecule has 42 heavy (non-hydrogen) atoms. The Hall–Kier alpha value is -2.25. The first-order valence-electron chi connectivity index (χ1n) is 14.6. The van der Waals surface area contributed by atoms with E-state index in [-0.39, 0.29) is 53.2 Å². The number of nitrogens with zero attached hydrogens (tertiary/aromatic N) is 2. The Balaban J connectivity index is 1.71. The molecule has 0 aromatic heterocycles. The van der Waals surface area contributed by atoms with E-state index in [0.717, 1.165) is 22.1 Å². The van der Waals surface area contributed by atoms with E-state index in [9.17, 15) is 14.4 Å². The molecule has 10 heteroatoms. The molecule has 0 radical (unpaired) electrons. The smallest absolute Gasteiger partial charge is 0.267 e. The molecule has 0 unspecified atom stereocenters. The number of rotatable bonds is 9. The van der Waals surface area contributed by atoms with Crippen LogP contribution < -0.4 is 10.4 Å². The van der Waals surface area contributed by atoms with E-state index in [1.165, 1.54) is 9.80 Å². The Kier molecular flexibility index (Phi) is 9.09. The molecule has 2 aliphatic heterocycles. The Morgan fingerprint density at radius 3 is 1.86 bits per heavy atom. The van der Waals surface area contributed by atoms with Gasteiger partial charge in [-0.15, -0.1) is 0 Å². The second-order valence-electron chi connectivity index (χ2n) is 14.0. The number of ketones is 1. The predicted molar refractivity (Wildman–Crippen MR) is 175 cm³/mol. The number of amides is 2. The Morgan fingerprint density at radius 1 is 0.857 bits per heavy atom. The molecule has 0 bridgehead atoms. The van der Waals surface area contributed by atoms with Gasteiger partial charge in [0, 0.05) is 13.5 Å². The van der Waals surface area contributed by atoms with Crippen molar-refractivity contribution in [2.75, 3.05) is 26.1 Å². The minimum atomic E-state index is -2.91. The summed E-state index contributed by atoms with van der Waals surface area (Å²) in [7, 11) is -3.47.